The van der Waals surface area contributed by atoms with Crippen molar-refractivity contribution in [2.45, 2.75) is 25.9 Å². The van der Waals surface area contributed by atoms with E-state index in [0.29, 0.717) is 19.4 Å². The van der Waals surface area contributed by atoms with Gasteiger partial charge in [-0.3, -0.25) is 4.79 Å². The molecule has 2 aromatic rings. The second-order valence-corrected chi connectivity index (χ2v) is 6.70. The fourth-order valence-corrected chi connectivity index (χ4v) is 2.96. The number of carbonyl (C=O) groups is 2. The molecule has 0 aliphatic heterocycles. The Morgan fingerprint density at radius 2 is 2.00 bits per heavy atom. The zero-order valence-electron chi connectivity index (χ0n) is 12.9. The van der Waals surface area contributed by atoms with Crippen LogP contribution in [0.15, 0.2) is 30.3 Å². The third kappa shape index (κ3) is 4.93. The number of esters is 1. The van der Waals surface area contributed by atoms with E-state index in [4.69, 9.17) is 27.9 Å². The van der Waals surface area contributed by atoms with E-state index in [1.807, 2.05) is 30.3 Å². The predicted octanol–water partition coefficient (Wildman–Crippen LogP) is 3.74. The van der Waals surface area contributed by atoms with Crippen molar-refractivity contribution in [3.05, 3.63) is 50.9 Å². The number of ether oxygens (including phenoxy) is 1. The Kier molecular flexibility index (Phi) is 7.02. The average molecular weight is 387 g/mol. The van der Waals surface area contributed by atoms with Gasteiger partial charge < -0.3 is 10.1 Å². The zero-order chi connectivity index (χ0) is 17.5. The lowest BCUT2D eigenvalue weighted by Gasteiger charge is -2.15. The minimum atomic E-state index is -0.898. The van der Waals surface area contributed by atoms with E-state index in [0.717, 1.165) is 17.1 Å². The van der Waals surface area contributed by atoms with Gasteiger partial charge in [0.15, 0.2) is 11.8 Å². The first-order valence-corrected chi connectivity index (χ1v) is 8.89. The minimum Gasteiger partial charge on any atom is -0.447 e. The van der Waals surface area contributed by atoms with Crippen molar-refractivity contribution < 1.29 is 14.3 Å². The number of benzene rings is 1. The summed E-state index contributed by atoms with van der Waals surface area (Å²) < 4.78 is 9.24. The monoisotopic (exact) mass is 386 g/mol. The van der Waals surface area contributed by atoms with E-state index in [9.17, 15) is 9.59 Å². The van der Waals surface area contributed by atoms with E-state index in [-0.39, 0.29) is 21.0 Å². The van der Waals surface area contributed by atoms with E-state index in [1.165, 1.54) is 0 Å². The topological polar surface area (TPSA) is 68.3 Å². The second-order valence-electron chi connectivity index (χ2n) is 4.95. The summed E-state index contributed by atoms with van der Waals surface area (Å²) in [5, 5.41) is 2.81. The van der Waals surface area contributed by atoms with Gasteiger partial charge in [-0.05, 0) is 29.9 Å². The van der Waals surface area contributed by atoms with Crippen molar-refractivity contribution in [3.8, 4) is 0 Å². The average Bonchev–Trinajstić information content (AvgIpc) is 2.92. The number of halogens is 2. The smallest absolute Gasteiger partial charge is 0.360 e. The Balaban J connectivity index is 1.87. The van der Waals surface area contributed by atoms with Gasteiger partial charge in [-0.1, -0.05) is 60.5 Å². The lowest BCUT2D eigenvalue weighted by molar-refractivity contribution is -0.130. The molecule has 1 aromatic carbocycles. The quantitative estimate of drug-likeness (QED) is 0.735. The molecule has 5 nitrogen and oxygen atoms in total. The zero-order valence-corrected chi connectivity index (χ0v) is 15.2. The second kappa shape index (κ2) is 9.01. The molecule has 1 N–H and O–H groups in total. The van der Waals surface area contributed by atoms with Crippen molar-refractivity contribution in [2.24, 2.45) is 0 Å². The van der Waals surface area contributed by atoms with Crippen LogP contribution < -0.4 is 5.32 Å². The highest BCUT2D eigenvalue weighted by Crippen LogP contribution is 2.30. The Bertz CT molecular complexity index is 707. The van der Waals surface area contributed by atoms with Crippen LogP contribution in [0.25, 0.3) is 0 Å². The van der Waals surface area contributed by atoms with Gasteiger partial charge in [-0.15, -0.1) is 0 Å². The molecule has 1 heterocycles. The normalized spacial score (nSPS) is 11.8. The Hall–Kier alpha value is -1.63. The predicted molar refractivity (Wildman–Crippen MR) is 94.8 cm³/mol. The lowest BCUT2D eigenvalue weighted by atomic mass is 10.1. The molecule has 24 heavy (non-hydrogen) atoms. The Morgan fingerprint density at radius 1 is 1.29 bits per heavy atom. The fraction of sp³-hybridized carbons (Fsp3) is 0.312. The van der Waals surface area contributed by atoms with Crippen LogP contribution in [0.5, 0.6) is 0 Å². The molecule has 1 aromatic heterocycles. The highest BCUT2D eigenvalue weighted by atomic mass is 35.5. The molecule has 8 heteroatoms. The number of hydrogen-bond acceptors (Lipinski definition) is 5. The van der Waals surface area contributed by atoms with Crippen LogP contribution in [-0.4, -0.2) is 28.9 Å². The molecule has 0 aliphatic rings. The van der Waals surface area contributed by atoms with Gasteiger partial charge in [-0.25, -0.2) is 4.79 Å². The largest absolute Gasteiger partial charge is 0.447 e. The molecule has 0 aliphatic carbocycles. The van der Waals surface area contributed by atoms with Gasteiger partial charge >= 0.3 is 5.97 Å². The van der Waals surface area contributed by atoms with Gasteiger partial charge in [0.2, 0.25) is 0 Å². The highest BCUT2D eigenvalue weighted by Gasteiger charge is 2.25. The van der Waals surface area contributed by atoms with Crippen LogP contribution in [0, 0.1) is 0 Å². The number of aromatic nitrogens is 1. The molecule has 0 unspecified atom stereocenters. The molecule has 128 valence electrons. The molecule has 0 bridgehead atoms. The summed E-state index contributed by atoms with van der Waals surface area (Å²) in [4.78, 5) is 24.2. The van der Waals surface area contributed by atoms with Crippen molar-refractivity contribution in [1.82, 2.24) is 9.69 Å². The number of amides is 1. The maximum Gasteiger partial charge on any atom is 0.360 e. The van der Waals surface area contributed by atoms with Crippen LogP contribution in [0.4, 0.5) is 0 Å². The standard InChI is InChI=1S/C16H16Cl2N2O3S/c1-2-11(23-16(22)13-12(17)14(18)24-20-13)15(21)19-9-8-10-6-4-3-5-7-10/h3-7,11H,2,8-9H2,1H3,(H,19,21)/t11-/m1/s1. The Morgan fingerprint density at radius 3 is 2.58 bits per heavy atom. The summed E-state index contributed by atoms with van der Waals surface area (Å²) >= 11 is 12.5. The molecule has 0 saturated heterocycles. The third-order valence-electron chi connectivity index (χ3n) is 3.26. The molecule has 2 rings (SSSR count). The van der Waals surface area contributed by atoms with Crippen LogP contribution in [0.3, 0.4) is 0 Å². The van der Waals surface area contributed by atoms with Gasteiger partial charge in [-0.2, -0.15) is 4.37 Å². The molecule has 0 radical (unpaired) electrons. The summed E-state index contributed by atoms with van der Waals surface area (Å²) in [6, 6.07) is 9.78. The summed E-state index contributed by atoms with van der Waals surface area (Å²) in [7, 11) is 0. The third-order valence-corrected chi connectivity index (χ3v) is 4.87. The number of nitrogens with zero attached hydrogens (tertiary/aromatic N) is 1. The lowest BCUT2D eigenvalue weighted by Crippen LogP contribution is -2.38. The van der Waals surface area contributed by atoms with E-state index >= 15 is 0 Å². The highest BCUT2D eigenvalue weighted by molar-refractivity contribution is 7.11. The van der Waals surface area contributed by atoms with Gasteiger partial charge in [0.05, 0.1) is 0 Å². The van der Waals surface area contributed by atoms with Crippen LogP contribution >= 0.6 is 34.7 Å². The van der Waals surface area contributed by atoms with E-state index in [2.05, 4.69) is 9.69 Å². The molecule has 1 atom stereocenters. The van der Waals surface area contributed by atoms with Crippen molar-refractivity contribution in [3.63, 3.8) is 0 Å². The SMILES string of the molecule is CC[C@@H](OC(=O)c1nsc(Cl)c1Cl)C(=O)NCCc1ccccc1. The van der Waals surface area contributed by atoms with Gasteiger partial charge in [0.25, 0.3) is 5.91 Å². The summed E-state index contributed by atoms with van der Waals surface area (Å²) in [5.74, 6) is -1.10. The first kappa shape index (κ1) is 18.7. The first-order valence-electron chi connectivity index (χ1n) is 7.36. The van der Waals surface area contributed by atoms with Crippen molar-refractivity contribution in [1.29, 1.82) is 0 Å². The number of hydrogen-bond donors (Lipinski definition) is 1. The van der Waals surface area contributed by atoms with Crippen LogP contribution in [0.1, 0.15) is 29.4 Å². The fourth-order valence-electron chi connectivity index (χ4n) is 1.98. The minimum absolute atomic E-state index is 0.0472. The maximum absolute atomic E-state index is 12.2. The molecule has 0 spiro atoms. The van der Waals surface area contributed by atoms with Crippen molar-refractivity contribution >= 4 is 46.6 Å². The Labute approximate surface area is 154 Å². The first-order chi connectivity index (χ1) is 11.5. The molecule has 0 saturated carbocycles. The van der Waals surface area contributed by atoms with Gasteiger partial charge in [0.1, 0.15) is 9.36 Å². The molecular weight excluding hydrogens is 371 g/mol. The number of rotatable bonds is 7. The van der Waals surface area contributed by atoms with E-state index < -0.39 is 12.1 Å². The summed E-state index contributed by atoms with van der Waals surface area (Å²) in [6.07, 6.45) is 0.146. The molecule has 0 fully saturated rings. The van der Waals surface area contributed by atoms with Crippen molar-refractivity contribution in [2.75, 3.05) is 6.54 Å². The summed E-state index contributed by atoms with van der Waals surface area (Å²) in [5.41, 5.74) is 1.05. The number of nitrogens with one attached hydrogen (secondary N) is 1. The van der Waals surface area contributed by atoms with Gasteiger partial charge in [0, 0.05) is 6.54 Å². The molecule has 1 amide bonds. The van der Waals surface area contributed by atoms with Crippen LogP contribution in [-0.2, 0) is 16.0 Å². The number of carbonyl (C=O) groups excluding carboxylic acids is 2. The maximum atomic E-state index is 12.2. The van der Waals surface area contributed by atoms with E-state index in [1.54, 1.807) is 6.92 Å². The molecular formula is C16H16Cl2N2O3S. The summed E-state index contributed by atoms with van der Waals surface area (Å²) in [6.45, 7) is 2.21. The van der Waals surface area contributed by atoms with Crippen LogP contribution in [0.2, 0.25) is 9.36 Å².